The van der Waals surface area contributed by atoms with E-state index in [0.717, 1.165) is 41.6 Å². The second-order valence-corrected chi connectivity index (χ2v) is 8.99. The van der Waals surface area contributed by atoms with Gasteiger partial charge in [-0.1, -0.05) is 11.2 Å². The summed E-state index contributed by atoms with van der Waals surface area (Å²) < 4.78 is 111. The van der Waals surface area contributed by atoms with E-state index in [2.05, 4.69) is 25.1 Å². The van der Waals surface area contributed by atoms with Gasteiger partial charge in [-0.2, -0.15) is 18.2 Å². The number of alkyl halides is 6. The Labute approximate surface area is 227 Å². The van der Waals surface area contributed by atoms with Gasteiger partial charge in [0, 0.05) is 36.1 Å². The Morgan fingerprint density at radius 1 is 1.15 bits per heavy atom. The molecule has 2 aromatic heterocycles. The largest absolute Gasteiger partial charge is 0.451 e. The molecule has 41 heavy (non-hydrogen) atoms. The smallest absolute Gasteiger partial charge is 0.336 e. The van der Waals surface area contributed by atoms with Gasteiger partial charge in [-0.3, -0.25) is 4.79 Å². The fraction of sp³-hybridized carbons (Fsp3) is 0.360. The Bertz CT molecular complexity index is 1450. The van der Waals surface area contributed by atoms with Crippen molar-refractivity contribution in [2.45, 2.75) is 37.8 Å². The van der Waals surface area contributed by atoms with Crippen LogP contribution in [0.25, 0.3) is 0 Å². The average Bonchev–Trinajstić information content (AvgIpc) is 2.91. The molecular weight excluding hydrogens is 568 g/mol. The van der Waals surface area contributed by atoms with Crippen LogP contribution in [0, 0.1) is 18.6 Å². The molecule has 1 aromatic carbocycles. The first-order valence-electron chi connectivity index (χ1n) is 11.9. The summed E-state index contributed by atoms with van der Waals surface area (Å²) >= 11 is 0. The van der Waals surface area contributed by atoms with E-state index in [-0.39, 0.29) is 30.0 Å². The molecule has 0 aliphatic carbocycles. The summed E-state index contributed by atoms with van der Waals surface area (Å²) in [5.41, 5.74) is -1.77. The van der Waals surface area contributed by atoms with E-state index in [0.29, 0.717) is 0 Å². The predicted molar refractivity (Wildman–Crippen MR) is 126 cm³/mol. The van der Waals surface area contributed by atoms with E-state index >= 15 is 8.78 Å². The molecule has 3 aromatic rings. The van der Waals surface area contributed by atoms with Crippen LogP contribution in [0.5, 0.6) is 5.88 Å². The Balaban J connectivity index is 1.58. The van der Waals surface area contributed by atoms with E-state index in [9.17, 15) is 31.1 Å². The van der Waals surface area contributed by atoms with Crippen LogP contribution in [-0.4, -0.2) is 62.1 Å². The number of aromatic nitrogens is 4. The summed E-state index contributed by atoms with van der Waals surface area (Å²) in [5, 5.41) is 3.47. The molecule has 0 N–H and O–H groups in total. The van der Waals surface area contributed by atoms with Crippen LogP contribution in [0.4, 0.5) is 35.1 Å². The number of oxime groups is 1. The lowest BCUT2D eigenvalue weighted by Crippen LogP contribution is -2.50. The molecule has 0 radical (unpaired) electrons. The molecule has 1 aliphatic heterocycles. The van der Waals surface area contributed by atoms with E-state index < -0.39 is 78.2 Å². The Morgan fingerprint density at radius 3 is 2.49 bits per heavy atom. The van der Waals surface area contributed by atoms with Crippen molar-refractivity contribution < 1.29 is 44.8 Å². The topological polar surface area (TPSA) is 93.5 Å². The predicted octanol–water partition coefficient (Wildman–Crippen LogP) is 4.82. The first-order chi connectivity index (χ1) is 19.3. The van der Waals surface area contributed by atoms with Gasteiger partial charge in [0.15, 0.2) is 0 Å². The van der Waals surface area contributed by atoms with Crippen molar-refractivity contribution in [3.63, 3.8) is 0 Å². The highest BCUT2D eigenvalue weighted by Gasteiger charge is 2.48. The van der Waals surface area contributed by atoms with Gasteiger partial charge in [-0.15, -0.1) is 0 Å². The SMILES string of the molecule is Cc1ncc(/C(CF)=N/Oc2ccnc(C(F)(F)F)n2)c(C2CCN(C(=O)Cc3c(F)cccc3F)CC2(F)F)n1. The number of nitrogens with zero attached hydrogens (tertiary/aromatic N) is 6. The monoisotopic (exact) mass is 588 g/mol. The number of rotatable bonds is 7. The van der Waals surface area contributed by atoms with Gasteiger partial charge in [0.25, 0.3) is 11.8 Å². The molecule has 8 nitrogen and oxygen atoms in total. The van der Waals surface area contributed by atoms with Crippen LogP contribution in [0.3, 0.4) is 0 Å². The van der Waals surface area contributed by atoms with E-state index in [4.69, 9.17) is 4.84 Å². The zero-order chi connectivity index (χ0) is 29.9. The third-order valence-electron chi connectivity index (χ3n) is 6.18. The van der Waals surface area contributed by atoms with Crippen molar-refractivity contribution in [2.75, 3.05) is 19.8 Å². The number of benzene rings is 1. The lowest BCUT2D eigenvalue weighted by atomic mass is 9.86. The Morgan fingerprint density at radius 2 is 1.85 bits per heavy atom. The van der Waals surface area contributed by atoms with Crippen LogP contribution in [0.15, 0.2) is 41.8 Å². The number of likely N-dealkylation sites (tertiary alicyclic amines) is 1. The molecule has 1 atom stereocenters. The average molecular weight is 588 g/mol. The summed E-state index contributed by atoms with van der Waals surface area (Å²) in [6.07, 6.45) is -4.27. The summed E-state index contributed by atoms with van der Waals surface area (Å²) in [7, 11) is 0. The highest BCUT2D eigenvalue weighted by atomic mass is 19.4. The van der Waals surface area contributed by atoms with Gasteiger partial charge in [-0.05, 0) is 25.5 Å². The van der Waals surface area contributed by atoms with Gasteiger partial charge in [0.1, 0.15) is 29.8 Å². The van der Waals surface area contributed by atoms with Crippen LogP contribution in [0.2, 0.25) is 0 Å². The first-order valence-corrected chi connectivity index (χ1v) is 11.9. The van der Waals surface area contributed by atoms with E-state index in [1.807, 2.05) is 0 Å². The molecule has 1 unspecified atom stereocenters. The molecule has 0 saturated carbocycles. The summed E-state index contributed by atoms with van der Waals surface area (Å²) in [5.74, 6) is -10.4. The molecule has 218 valence electrons. The molecule has 3 heterocycles. The van der Waals surface area contributed by atoms with Crippen molar-refractivity contribution in [1.82, 2.24) is 24.8 Å². The minimum Gasteiger partial charge on any atom is -0.336 e. The summed E-state index contributed by atoms with van der Waals surface area (Å²) in [4.78, 5) is 32.4. The number of piperidine rings is 1. The summed E-state index contributed by atoms with van der Waals surface area (Å²) in [6, 6.07) is 3.92. The second-order valence-electron chi connectivity index (χ2n) is 8.99. The minimum atomic E-state index is -4.89. The maximum atomic E-state index is 15.5. The van der Waals surface area contributed by atoms with Crippen molar-refractivity contribution >= 4 is 11.6 Å². The van der Waals surface area contributed by atoms with Gasteiger partial charge < -0.3 is 9.74 Å². The van der Waals surface area contributed by atoms with Crippen LogP contribution in [0.1, 0.15) is 40.8 Å². The normalized spacial score (nSPS) is 17.4. The fourth-order valence-electron chi connectivity index (χ4n) is 4.21. The van der Waals surface area contributed by atoms with Crippen molar-refractivity contribution in [1.29, 1.82) is 0 Å². The standard InChI is InChI=1S/C25H20F8N6O2/c1-13-35-11-15(19(10-26)38-41-20-5-7-34-23(37-20)25(31,32)33)22(36-13)16-6-8-39(12-24(16,29)30)21(40)9-14-17(27)3-2-4-18(14)28/h2-5,7,11,16H,6,8-10,12H2,1H3/b38-19+. The fourth-order valence-corrected chi connectivity index (χ4v) is 4.21. The van der Waals surface area contributed by atoms with Crippen LogP contribution >= 0.6 is 0 Å². The van der Waals surface area contributed by atoms with Gasteiger partial charge in [0.05, 0.1) is 24.6 Å². The third kappa shape index (κ3) is 6.74. The van der Waals surface area contributed by atoms with E-state index in [1.54, 1.807) is 0 Å². The number of carbonyl (C=O) groups excluding carboxylic acids is 1. The lowest BCUT2D eigenvalue weighted by Gasteiger charge is -2.38. The maximum Gasteiger partial charge on any atom is 0.451 e. The molecular formula is C25H20F8N6O2. The molecule has 1 fully saturated rings. The Hall–Kier alpha value is -4.24. The summed E-state index contributed by atoms with van der Waals surface area (Å²) in [6.45, 7) is -1.35. The number of hydrogen-bond donors (Lipinski definition) is 0. The second kappa shape index (κ2) is 11.7. The maximum absolute atomic E-state index is 15.5. The van der Waals surface area contributed by atoms with E-state index in [1.165, 1.54) is 6.92 Å². The number of carbonyl (C=O) groups is 1. The van der Waals surface area contributed by atoms with Crippen molar-refractivity contribution in [2.24, 2.45) is 5.16 Å². The minimum absolute atomic E-state index is 0.0535. The number of halogens is 8. The van der Waals surface area contributed by atoms with Crippen LogP contribution in [-0.2, 0) is 17.4 Å². The quantitative estimate of drug-likeness (QED) is 0.223. The van der Waals surface area contributed by atoms with Crippen LogP contribution < -0.4 is 4.84 Å². The number of aryl methyl sites for hydroxylation is 1. The highest BCUT2D eigenvalue weighted by Crippen LogP contribution is 2.41. The van der Waals surface area contributed by atoms with Crippen molar-refractivity contribution in [3.8, 4) is 5.88 Å². The van der Waals surface area contributed by atoms with Crippen molar-refractivity contribution in [3.05, 3.63) is 76.8 Å². The molecule has 1 amide bonds. The molecule has 0 spiro atoms. The number of amides is 1. The van der Waals surface area contributed by atoms with Gasteiger partial charge >= 0.3 is 6.18 Å². The zero-order valence-corrected chi connectivity index (χ0v) is 21.1. The first kappa shape index (κ1) is 29.7. The zero-order valence-electron chi connectivity index (χ0n) is 21.1. The molecule has 1 aliphatic rings. The van der Waals surface area contributed by atoms with Gasteiger partial charge in [0.2, 0.25) is 11.7 Å². The number of hydrogen-bond acceptors (Lipinski definition) is 7. The highest BCUT2D eigenvalue weighted by molar-refractivity contribution is 6.02. The molecule has 4 rings (SSSR count). The molecule has 1 saturated heterocycles. The lowest BCUT2D eigenvalue weighted by molar-refractivity contribution is -0.145. The Kier molecular flexibility index (Phi) is 8.49. The third-order valence-corrected chi connectivity index (χ3v) is 6.18. The molecule has 16 heteroatoms. The van der Waals surface area contributed by atoms with Gasteiger partial charge in [-0.25, -0.2) is 36.9 Å². The molecule has 0 bridgehead atoms.